The Morgan fingerprint density at radius 3 is 2.02 bits per heavy atom. The quantitative estimate of drug-likeness (QED) is 0.179. The minimum Gasteiger partial charge on any atom is -0.423 e. The minimum atomic E-state index is -0.707. The van der Waals surface area contributed by atoms with E-state index in [1.807, 2.05) is 0 Å². The van der Waals surface area contributed by atoms with Gasteiger partial charge in [0.05, 0.1) is 28.0 Å². The van der Waals surface area contributed by atoms with E-state index >= 15 is 0 Å². The fraction of sp³-hybridized carbons (Fsp3) is 0.258. The number of amides is 3. The third-order valence-corrected chi connectivity index (χ3v) is 8.50. The molecule has 2 aliphatic carbocycles. The van der Waals surface area contributed by atoms with Gasteiger partial charge in [0, 0.05) is 5.56 Å². The van der Waals surface area contributed by atoms with E-state index in [2.05, 4.69) is 0 Å². The van der Waals surface area contributed by atoms with Crippen LogP contribution in [0.25, 0.3) is 0 Å². The Labute approximate surface area is 235 Å². The molecule has 0 radical (unpaired) electrons. The summed E-state index contributed by atoms with van der Waals surface area (Å²) in [7, 11) is 0. The van der Waals surface area contributed by atoms with E-state index in [0.717, 1.165) is 29.3 Å². The molecule has 3 aliphatic rings. The molecule has 8 nitrogen and oxygen atoms in total. The highest BCUT2D eigenvalue weighted by Crippen LogP contribution is 2.56. The first-order chi connectivity index (χ1) is 19.3. The van der Waals surface area contributed by atoms with Crippen LogP contribution in [0.4, 0.5) is 0 Å². The first-order valence-corrected chi connectivity index (χ1v) is 13.6. The summed E-state index contributed by atoms with van der Waals surface area (Å²) in [4.78, 5) is 66.6. The van der Waals surface area contributed by atoms with E-state index < -0.39 is 47.9 Å². The number of Topliss-reactive ketones (excluding diaryl/α,β-unsaturated/α-hetero) is 1. The zero-order valence-electron chi connectivity index (χ0n) is 21.4. The molecule has 0 unspecified atom stereocenters. The van der Waals surface area contributed by atoms with Gasteiger partial charge in [-0.3, -0.25) is 19.2 Å². The second-order valence-corrected chi connectivity index (χ2v) is 10.8. The van der Waals surface area contributed by atoms with Crippen LogP contribution in [0.1, 0.15) is 50.3 Å². The number of hydrogen-bond donors (Lipinski definition) is 0. The van der Waals surface area contributed by atoms with Gasteiger partial charge in [0.15, 0.2) is 5.78 Å². The Bertz CT molecular complexity index is 1490. The zero-order valence-corrected chi connectivity index (χ0v) is 22.1. The lowest BCUT2D eigenvalue weighted by Gasteiger charge is -2.31. The van der Waals surface area contributed by atoms with Crippen LogP contribution in [0, 0.1) is 23.7 Å². The molecule has 3 aromatic rings. The van der Waals surface area contributed by atoms with E-state index in [4.69, 9.17) is 16.3 Å². The largest absolute Gasteiger partial charge is 0.423 e. The van der Waals surface area contributed by atoms with Crippen molar-refractivity contribution in [3.63, 3.8) is 0 Å². The lowest BCUT2D eigenvalue weighted by atomic mass is 9.81. The van der Waals surface area contributed by atoms with Gasteiger partial charge in [-0.1, -0.05) is 41.9 Å². The Morgan fingerprint density at radius 1 is 0.800 bits per heavy atom. The van der Waals surface area contributed by atoms with Gasteiger partial charge in [-0.15, -0.1) is 0 Å². The van der Waals surface area contributed by atoms with Crippen LogP contribution in [0.5, 0.6) is 5.75 Å². The van der Waals surface area contributed by atoms with Crippen LogP contribution in [0.2, 0.25) is 5.02 Å². The normalized spacial score (nSPS) is 22.8. The van der Waals surface area contributed by atoms with Crippen LogP contribution in [0.3, 0.4) is 0 Å². The number of carbonyl (C=O) groups is 5. The molecule has 3 aromatic carbocycles. The van der Waals surface area contributed by atoms with Crippen molar-refractivity contribution in [2.24, 2.45) is 23.7 Å². The molecule has 202 valence electrons. The number of ether oxygens (including phenoxy) is 1. The van der Waals surface area contributed by atoms with Gasteiger partial charge in [0.2, 0.25) is 0 Å². The zero-order chi connectivity index (χ0) is 28.0. The number of imide groups is 1. The Balaban J connectivity index is 1.25. The average Bonchev–Trinajstić information content (AvgIpc) is 3.66. The SMILES string of the molecule is O=C(CN(C(=O)c1ccccc1Cl)N1C(=O)[C@H]2[C@H]3CC[C@@H](C3)[C@@H]2C1=O)c1ccc(OC(=O)c2ccccc2)cc1. The van der Waals surface area contributed by atoms with Crippen LogP contribution >= 0.6 is 11.6 Å². The number of hydrazine groups is 1. The highest BCUT2D eigenvalue weighted by atomic mass is 35.5. The van der Waals surface area contributed by atoms with Crippen molar-refractivity contribution < 1.29 is 28.7 Å². The molecule has 9 heteroatoms. The molecule has 40 heavy (non-hydrogen) atoms. The first-order valence-electron chi connectivity index (χ1n) is 13.2. The van der Waals surface area contributed by atoms with Crippen LogP contribution in [-0.2, 0) is 9.59 Å². The number of carbonyl (C=O) groups excluding carboxylic acids is 5. The van der Waals surface area contributed by atoms with E-state index in [9.17, 15) is 24.0 Å². The number of halogens is 1. The van der Waals surface area contributed by atoms with Gasteiger partial charge in [0.1, 0.15) is 12.3 Å². The summed E-state index contributed by atoms with van der Waals surface area (Å²) in [5.74, 6) is -3.04. The van der Waals surface area contributed by atoms with Crippen molar-refractivity contribution in [3.8, 4) is 5.75 Å². The highest BCUT2D eigenvalue weighted by Gasteiger charge is 2.62. The summed E-state index contributed by atoms with van der Waals surface area (Å²) in [5.41, 5.74) is 0.686. The number of hydrogen-bond acceptors (Lipinski definition) is 6. The van der Waals surface area contributed by atoms with Crippen LogP contribution in [-0.4, -0.2) is 46.0 Å². The number of ketones is 1. The maximum Gasteiger partial charge on any atom is 0.343 e. The Morgan fingerprint density at radius 2 is 1.40 bits per heavy atom. The molecule has 0 aromatic heterocycles. The molecular formula is C31H25ClN2O6. The fourth-order valence-electron chi connectivity index (χ4n) is 6.31. The van der Waals surface area contributed by atoms with Crippen LogP contribution < -0.4 is 4.74 Å². The monoisotopic (exact) mass is 556 g/mol. The average molecular weight is 557 g/mol. The number of benzene rings is 3. The van der Waals surface area contributed by atoms with Crippen molar-refractivity contribution in [3.05, 3.63) is 101 Å². The maximum absolute atomic E-state index is 13.7. The van der Waals surface area contributed by atoms with Gasteiger partial charge in [-0.2, -0.15) is 5.01 Å². The van der Waals surface area contributed by atoms with Crippen molar-refractivity contribution in [1.29, 1.82) is 0 Å². The third kappa shape index (κ3) is 4.48. The molecule has 2 bridgehead atoms. The number of fused-ring (bicyclic) bond motifs is 5. The molecule has 1 aliphatic heterocycles. The lowest BCUT2D eigenvalue weighted by molar-refractivity contribution is -0.155. The molecule has 6 rings (SSSR count). The van der Waals surface area contributed by atoms with Gasteiger partial charge in [-0.05, 0) is 79.6 Å². The molecule has 4 atom stereocenters. The molecule has 0 N–H and O–H groups in total. The smallest absolute Gasteiger partial charge is 0.343 e. The van der Waals surface area contributed by atoms with Gasteiger partial charge >= 0.3 is 5.97 Å². The molecule has 1 heterocycles. The highest BCUT2D eigenvalue weighted by molar-refractivity contribution is 6.34. The standard InChI is InChI=1S/C31H25ClN2O6/c32-24-9-5-4-8-23(24)28(36)33(34-29(37)26-20-10-11-21(16-20)27(26)30(34)38)17-25(35)18-12-14-22(15-13-18)40-31(39)19-6-2-1-3-7-19/h1-9,12-15,20-21,26-27H,10-11,16-17H2/t20-,21-,26-,27-/m0/s1. The molecular weight excluding hydrogens is 532 g/mol. The molecule has 3 amide bonds. The summed E-state index contributed by atoms with van der Waals surface area (Å²) in [6.07, 6.45) is 2.62. The van der Waals surface area contributed by atoms with E-state index in [-0.39, 0.29) is 33.7 Å². The lowest BCUT2D eigenvalue weighted by Crippen LogP contribution is -2.52. The molecule has 3 fully saturated rings. The van der Waals surface area contributed by atoms with Crippen LogP contribution in [0.15, 0.2) is 78.9 Å². The van der Waals surface area contributed by atoms with Gasteiger partial charge < -0.3 is 4.74 Å². The number of esters is 1. The van der Waals surface area contributed by atoms with E-state index in [1.54, 1.807) is 42.5 Å². The van der Waals surface area contributed by atoms with E-state index in [1.165, 1.54) is 36.4 Å². The summed E-state index contributed by atoms with van der Waals surface area (Å²) in [5, 5.41) is 1.98. The molecule has 2 saturated carbocycles. The van der Waals surface area contributed by atoms with Crippen molar-refractivity contribution in [2.45, 2.75) is 19.3 Å². The second kappa shape index (κ2) is 10.4. The first kappa shape index (κ1) is 26.0. The Hall–Kier alpha value is -4.30. The number of nitrogens with zero attached hydrogens (tertiary/aromatic N) is 2. The summed E-state index contributed by atoms with van der Waals surface area (Å²) < 4.78 is 5.38. The summed E-state index contributed by atoms with van der Waals surface area (Å²) in [6.45, 7) is -0.542. The van der Waals surface area contributed by atoms with Crippen molar-refractivity contribution >= 4 is 41.1 Å². The van der Waals surface area contributed by atoms with E-state index in [0.29, 0.717) is 5.56 Å². The second-order valence-electron chi connectivity index (χ2n) is 10.4. The third-order valence-electron chi connectivity index (χ3n) is 8.17. The maximum atomic E-state index is 13.7. The topological polar surface area (TPSA) is 101 Å². The van der Waals surface area contributed by atoms with Gasteiger partial charge in [0.25, 0.3) is 17.7 Å². The Kier molecular flexibility index (Phi) is 6.72. The van der Waals surface area contributed by atoms with Gasteiger partial charge in [-0.25, -0.2) is 9.80 Å². The summed E-state index contributed by atoms with van der Waals surface area (Å²) in [6, 6.07) is 20.7. The summed E-state index contributed by atoms with van der Waals surface area (Å²) >= 11 is 6.29. The minimum absolute atomic E-state index is 0.0840. The molecule has 0 spiro atoms. The van der Waals surface area contributed by atoms with Crippen molar-refractivity contribution in [1.82, 2.24) is 10.0 Å². The predicted octanol–water partition coefficient (Wildman–Crippen LogP) is 4.83. The number of rotatable bonds is 7. The molecule has 1 saturated heterocycles. The fourth-order valence-corrected chi connectivity index (χ4v) is 6.53. The predicted molar refractivity (Wildman–Crippen MR) is 144 cm³/mol. The van der Waals surface area contributed by atoms with Crippen molar-refractivity contribution in [2.75, 3.05) is 6.54 Å².